The van der Waals surface area contributed by atoms with Crippen LogP contribution in [0.2, 0.25) is 0 Å². The molecule has 230 valence electrons. The van der Waals surface area contributed by atoms with Crippen LogP contribution in [0.5, 0.6) is 0 Å². The topological polar surface area (TPSA) is 166 Å². The maximum absolute atomic E-state index is 13.8. The number of rotatable bonds is 7. The van der Waals surface area contributed by atoms with Crippen molar-refractivity contribution in [3.63, 3.8) is 0 Å². The molecule has 0 radical (unpaired) electrons. The zero-order chi connectivity index (χ0) is 30.2. The first-order valence-corrected chi connectivity index (χ1v) is 15.1. The largest absolute Gasteiger partial charge is 0.395 e. The number of aromatic nitrogens is 8. The van der Waals surface area contributed by atoms with E-state index in [1.807, 2.05) is 0 Å². The van der Waals surface area contributed by atoms with Crippen molar-refractivity contribution in [3.05, 3.63) is 60.4 Å². The van der Waals surface area contributed by atoms with Gasteiger partial charge in [0.15, 0.2) is 23.3 Å². The van der Waals surface area contributed by atoms with Crippen LogP contribution >= 0.6 is 10.9 Å². The fraction of sp³-hybridized carbons (Fsp3) is 0.462. The number of hydrogen-bond donors (Lipinski definition) is 4. The highest BCUT2D eigenvalue weighted by atomic mass is 32.2. The number of halogens is 3. The number of hydrogen-bond acceptors (Lipinski definition) is 11. The number of nitrogens with zero attached hydrogens (tertiary/aromatic N) is 8. The standard InChI is InChI=1S/C26H29F3N8O5S/c1-41-19-12-43(21-11-42-10-18(24(21)39)36-8-17(33-34-36)26-30-3-2-4-31-26)20(9-38)25(40)23(19)37-7-16(32-35-37)13-5-14(27)22(29)15(28)6-13/h2-8,18-21,23-25,38-40,43H,9-12H2,1H3/t18-,19-,20+,21+,23+,24+,25-/m0/s1. The Morgan fingerprint density at radius 3 is 2.35 bits per heavy atom. The molecule has 0 spiro atoms. The van der Waals surface area contributed by atoms with Gasteiger partial charge in [0, 0.05) is 41.3 Å². The lowest BCUT2D eigenvalue weighted by Crippen LogP contribution is -2.55. The molecule has 2 saturated heterocycles. The van der Waals surface area contributed by atoms with E-state index in [2.05, 4.69) is 30.6 Å². The lowest BCUT2D eigenvalue weighted by molar-refractivity contribution is -0.0339. The monoisotopic (exact) mass is 622 g/mol. The molecule has 13 nitrogen and oxygen atoms in total. The van der Waals surface area contributed by atoms with Crippen molar-refractivity contribution in [1.29, 1.82) is 0 Å². The summed E-state index contributed by atoms with van der Waals surface area (Å²) in [5.74, 6) is -3.58. The molecule has 6 rings (SSSR count). The second-order valence-corrected chi connectivity index (χ2v) is 13.1. The number of thiol groups is 1. The van der Waals surface area contributed by atoms with Crippen molar-refractivity contribution >= 4 is 10.9 Å². The van der Waals surface area contributed by atoms with Crippen LogP contribution in [0.15, 0.2) is 43.0 Å². The average molecular weight is 623 g/mol. The molecule has 4 aromatic rings. The van der Waals surface area contributed by atoms with E-state index in [1.165, 1.54) is 22.7 Å². The Labute approximate surface area is 245 Å². The molecule has 0 bridgehead atoms. The van der Waals surface area contributed by atoms with Gasteiger partial charge in [-0.05, 0) is 18.2 Å². The molecule has 17 heteroatoms. The van der Waals surface area contributed by atoms with Gasteiger partial charge in [-0.15, -0.1) is 10.2 Å². The zero-order valence-corrected chi connectivity index (χ0v) is 23.6. The van der Waals surface area contributed by atoms with E-state index in [0.717, 1.165) is 12.1 Å². The first-order valence-electron chi connectivity index (χ1n) is 13.4. The summed E-state index contributed by atoms with van der Waals surface area (Å²) >= 11 is 0. The minimum Gasteiger partial charge on any atom is -0.395 e. The molecule has 2 fully saturated rings. The number of aliphatic hydroxyl groups is 3. The minimum absolute atomic E-state index is 0.0357. The first kappa shape index (κ1) is 29.6. The lowest BCUT2D eigenvalue weighted by Gasteiger charge is -2.51. The van der Waals surface area contributed by atoms with Gasteiger partial charge in [0.2, 0.25) is 0 Å². The van der Waals surface area contributed by atoms with Gasteiger partial charge >= 0.3 is 0 Å². The van der Waals surface area contributed by atoms with Crippen LogP contribution < -0.4 is 0 Å². The van der Waals surface area contributed by atoms with E-state index in [1.54, 1.807) is 24.7 Å². The van der Waals surface area contributed by atoms with E-state index in [-0.39, 0.29) is 31.1 Å². The predicted octanol–water partition coefficient (Wildman–Crippen LogP) is 0.705. The zero-order valence-electron chi connectivity index (χ0n) is 22.7. The van der Waals surface area contributed by atoms with Crippen LogP contribution in [-0.4, -0.2) is 117 Å². The number of benzene rings is 1. The summed E-state index contributed by atoms with van der Waals surface area (Å²) in [5, 5.41) is 48.7. The maximum Gasteiger partial charge on any atom is 0.194 e. The highest BCUT2D eigenvalue weighted by Gasteiger charge is 2.49. The summed E-state index contributed by atoms with van der Waals surface area (Å²) in [5.41, 5.74) is 0.453. The molecule has 5 heterocycles. The quantitative estimate of drug-likeness (QED) is 0.169. The third-order valence-corrected chi connectivity index (χ3v) is 11.4. The van der Waals surface area contributed by atoms with Gasteiger partial charge in [-0.3, -0.25) is 0 Å². The summed E-state index contributed by atoms with van der Waals surface area (Å²) in [6.07, 6.45) is 3.43. The molecule has 1 aromatic carbocycles. The number of ether oxygens (including phenoxy) is 2. The molecular weight excluding hydrogens is 593 g/mol. The molecule has 0 aliphatic carbocycles. The van der Waals surface area contributed by atoms with E-state index < -0.39 is 69.2 Å². The first-order chi connectivity index (χ1) is 20.8. The molecule has 3 aromatic heterocycles. The number of methoxy groups -OCH3 is 1. The maximum atomic E-state index is 13.8. The van der Waals surface area contributed by atoms with Gasteiger partial charge in [-0.2, -0.15) is 0 Å². The fourth-order valence-corrected chi connectivity index (χ4v) is 9.23. The van der Waals surface area contributed by atoms with E-state index >= 15 is 0 Å². The molecule has 2 aliphatic rings. The molecule has 0 amide bonds. The summed E-state index contributed by atoms with van der Waals surface area (Å²) in [6.45, 7) is -0.0110. The third-order valence-electron chi connectivity index (χ3n) is 7.96. The van der Waals surface area contributed by atoms with Crippen molar-refractivity contribution in [2.75, 3.05) is 32.7 Å². The summed E-state index contributed by atoms with van der Waals surface area (Å²) in [4.78, 5) is 8.35. The van der Waals surface area contributed by atoms with Gasteiger partial charge in [0.1, 0.15) is 23.5 Å². The molecule has 8 atom stereocenters. The van der Waals surface area contributed by atoms with Gasteiger partial charge in [-0.1, -0.05) is 10.4 Å². The lowest BCUT2D eigenvalue weighted by atomic mass is 10.0. The van der Waals surface area contributed by atoms with Crippen molar-refractivity contribution in [3.8, 4) is 22.8 Å². The van der Waals surface area contributed by atoms with Crippen LogP contribution in [0, 0.1) is 17.5 Å². The van der Waals surface area contributed by atoms with Crippen LogP contribution in [-0.2, 0) is 9.47 Å². The molecule has 0 saturated carbocycles. The van der Waals surface area contributed by atoms with Crippen molar-refractivity contribution in [1.82, 2.24) is 40.0 Å². The van der Waals surface area contributed by atoms with Crippen molar-refractivity contribution in [2.45, 2.75) is 40.9 Å². The smallest absolute Gasteiger partial charge is 0.194 e. The van der Waals surface area contributed by atoms with Crippen LogP contribution in [0.25, 0.3) is 22.8 Å². The normalized spacial score (nSPS) is 30.4. The number of aliphatic hydroxyl groups excluding tert-OH is 3. The summed E-state index contributed by atoms with van der Waals surface area (Å²) in [6, 6.07) is 1.89. The van der Waals surface area contributed by atoms with Crippen LogP contribution in [0.3, 0.4) is 0 Å². The van der Waals surface area contributed by atoms with Crippen molar-refractivity contribution in [2.24, 2.45) is 0 Å². The second kappa shape index (κ2) is 12.3. The Hall–Kier alpha value is -3.48. The average Bonchev–Trinajstić information content (AvgIpc) is 3.71. The van der Waals surface area contributed by atoms with E-state index in [0.29, 0.717) is 17.3 Å². The van der Waals surface area contributed by atoms with Gasteiger partial charge in [-0.25, -0.2) is 43.4 Å². The Morgan fingerprint density at radius 2 is 1.65 bits per heavy atom. The van der Waals surface area contributed by atoms with Crippen LogP contribution in [0.4, 0.5) is 13.2 Å². The SMILES string of the molecule is CO[C@H]1C[SH]([C@@H]2COC[C@H](n3cc(-c4ncccn4)nn3)[C@H]2O)[C@H](CO)[C@H](O)[C@@H]1n1cc(-c2cc(F)c(F)c(F)c2)nn1. The highest BCUT2D eigenvalue weighted by Crippen LogP contribution is 2.51. The Kier molecular flexibility index (Phi) is 8.43. The second-order valence-electron chi connectivity index (χ2n) is 10.4. The fourth-order valence-electron chi connectivity index (χ4n) is 5.75. The van der Waals surface area contributed by atoms with Crippen molar-refractivity contribution < 1.29 is 38.0 Å². The minimum atomic E-state index is -1.59. The van der Waals surface area contributed by atoms with Gasteiger partial charge in [0.25, 0.3) is 0 Å². The Balaban J connectivity index is 1.24. The summed E-state index contributed by atoms with van der Waals surface area (Å²) in [7, 11) is 0.185. The predicted molar refractivity (Wildman–Crippen MR) is 147 cm³/mol. The van der Waals surface area contributed by atoms with Gasteiger partial charge < -0.3 is 24.8 Å². The molecule has 3 N–H and O–H groups in total. The molecule has 1 unspecified atom stereocenters. The highest BCUT2D eigenvalue weighted by molar-refractivity contribution is 8.18. The Bertz CT molecular complexity index is 1540. The summed E-state index contributed by atoms with van der Waals surface area (Å²) < 4.78 is 55.6. The van der Waals surface area contributed by atoms with Crippen LogP contribution in [0.1, 0.15) is 12.1 Å². The molecule has 43 heavy (non-hydrogen) atoms. The molecule has 2 aliphatic heterocycles. The van der Waals surface area contributed by atoms with Gasteiger partial charge in [0.05, 0.1) is 50.5 Å². The Morgan fingerprint density at radius 1 is 0.977 bits per heavy atom. The molecular formula is C26H29F3N8O5S. The van der Waals surface area contributed by atoms with E-state index in [9.17, 15) is 28.5 Å². The third kappa shape index (κ3) is 5.51. The van der Waals surface area contributed by atoms with E-state index in [4.69, 9.17) is 9.47 Å².